The van der Waals surface area contributed by atoms with Crippen LogP contribution in [0.15, 0.2) is 60.7 Å². The van der Waals surface area contributed by atoms with Gasteiger partial charge in [0.1, 0.15) is 23.9 Å². The highest BCUT2D eigenvalue weighted by molar-refractivity contribution is 5.70. The van der Waals surface area contributed by atoms with Crippen molar-refractivity contribution in [2.45, 2.75) is 85.2 Å². The highest BCUT2D eigenvalue weighted by Gasteiger charge is 2.22. The first-order valence-corrected chi connectivity index (χ1v) is 14.1. The number of benzene rings is 3. The summed E-state index contributed by atoms with van der Waals surface area (Å²) in [5, 5.41) is 8.94. The van der Waals surface area contributed by atoms with E-state index in [0.717, 1.165) is 47.9 Å². The van der Waals surface area contributed by atoms with Crippen molar-refractivity contribution in [2.24, 2.45) is 5.41 Å². The van der Waals surface area contributed by atoms with E-state index in [0.29, 0.717) is 30.1 Å². The Morgan fingerprint density at radius 1 is 0.949 bits per heavy atom. The molecule has 1 saturated carbocycles. The van der Waals surface area contributed by atoms with Gasteiger partial charge in [-0.3, -0.25) is 4.79 Å². The first kappa shape index (κ1) is 30.2. The molecule has 0 aromatic heterocycles. The van der Waals surface area contributed by atoms with Crippen molar-refractivity contribution >= 4 is 5.97 Å². The van der Waals surface area contributed by atoms with E-state index in [1.54, 1.807) is 19.2 Å². The van der Waals surface area contributed by atoms with Gasteiger partial charge in [-0.2, -0.15) is 0 Å². The van der Waals surface area contributed by atoms with Crippen LogP contribution in [0.3, 0.4) is 0 Å². The topological polar surface area (TPSA) is 55.8 Å². The molecule has 3 aromatic carbocycles. The second kappa shape index (κ2) is 14.7. The summed E-state index contributed by atoms with van der Waals surface area (Å²) in [6.45, 7) is 7.09. The number of carboxylic acid groups (broad SMARTS) is 1. The molecule has 0 bridgehead atoms. The number of carbonyl (C=O) groups is 1. The summed E-state index contributed by atoms with van der Waals surface area (Å²) in [5.74, 6) is 0.234. The van der Waals surface area contributed by atoms with Gasteiger partial charge in [0.25, 0.3) is 0 Å². The van der Waals surface area contributed by atoms with Gasteiger partial charge in [0.05, 0.1) is 7.11 Å². The number of aliphatic carboxylic acids is 1. The molecule has 1 N–H and O–H groups in total. The van der Waals surface area contributed by atoms with E-state index in [1.807, 2.05) is 36.4 Å². The molecule has 1 aliphatic rings. The highest BCUT2D eigenvalue weighted by Crippen LogP contribution is 2.36. The lowest BCUT2D eigenvalue weighted by molar-refractivity contribution is -0.136. The lowest BCUT2D eigenvalue weighted by Gasteiger charge is -2.26. The number of hydrogen-bond donors (Lipinski definition) is 1. The van der Waals surface area contributed by atoms with Gasteiger partial charge in [-0.05, 0) is 77.3 Å². The third-order valence-corrected chi connectivity index (χ3v) is 6.79. The zero-order valence-corrected chi connectivity index (χ0v) is 23.9. The largest absolute Gasteiger partial charge is 0.497 e. The van der Waals surface area contributed by atoms with E-state index in [1.165, 1.54) is 25.3 Å². The van der Waals surface area contributed by atoms with Crippen LogP contribution < -0.4 is 9.47 Å². The van der Waals surface area contributed by atoms with Crippen LogP contribution in [0.1, 0.15) is 82.4 Å². The molecule has 0 atom stereocenters. The average molecular weight is 535 g/mol. The van der Waals surface area contributed by atoms with Crippen molar-refractivity contribution in [2.75, 3.05) is 7.11 Å². The van der Waals surface area contributed by atoms with Crippen molar-refractivity contribution in [3.8, 4) is 22.6 Å². The highest BCUT2D eigenvalue weighted by atomic mass is 19.1. The SMILES string of the molecule is C1CC1.CCCCC(C)(C)Cc1cc(COc2cccc(CCC(=O)O)c2)ccc1-c1cc(OC)ccc1F. The van der Waals surface area contributed by atoms with Gasteiger partial charge in [-0.15, -0.1) is 0 Å². The molecule has 210 valence electrons. The fourth-order valence-electron chi connectivity index (χ4n) is 4.45. The molecule has 4 rings (SSSR count). The Morgan fingerprint density at radius 2 is 1.72 bits per heavy atom. The summed E-state index contributed by atoms with van der Waals surface area (Å²) in [6.07, 6.45) is 9.25. The Hall–Kier alpha value is -3.34. The molecule has 0 saturated heterocycles. The lowest BCUT2D eigenvalue weighted by Crippen LogP contribution is -2.16. The van der Waals surface area contributed by atoms with Crippen LogP contribution >= 0.6 is 0 Å². The number of ether oxygens (including phenoxy) is 2. The molecule has 0 radical (unpaired) electrons. The third-order valence-electron chi connectivity index (χ3n) is 6.79. The number of rotatable bonds is 13. The van der Waals surface area contributed by atoms with Crippen molar-refractivity contribution < 1.29 is 23.8 Å². The standard InChI is InChI=1S/C31H37FO4.C3H6/c1-5-6-16-31(2,3)20-24-17-23(10-13-27(24)28-19-25(35-4)12-14-29(28)32)21-36-26-9-7-8-22(18-26)11-15-30(33)34;1-2-3-1/h7-10,12-14,17-19H,5-6,11,15-16,20-21H2,1-4H3,(H,33,34);1-3H2. The minimum atomic E-state index is -0.816. The second-order valence-electron chi connectivity index (χ2n) is 11.2. The van der Waals surface area contributed by atoms with Crippen LogP contribution in [0, 0.1) is 11.2 Å². The minimum Gasteiger partial charge on any atom is -0.497 e. The summed E-state index contributed by atoms with van der Waals surface area (Å²) < 4.78 is 26.3. The zero-order valence-electron chi connectivity index (χ0n) is 23.9. The maximum atomic E-state index is 14.9. The summed E-state index contributed by atoms with van der Waals surface area (Å²) in [4.78, 5) is 10.9. The maximum absolute atomic E-state index is 14.9. The molecule has 1 aliphatic carbocycles. The van der Waals surface area contributed by atoms with E-state index in [4.69, 9.17) is 14.6 Å². The van der Waals surface area contributed by atoms with Crippen molar-refractivity contribution in [1.29, 1.82) is 0 Å². The number of hydrogen-bond acceptors (Lipinski definition) is 3. The average Bonchev–Trinajstić information content (AvgIpc) is 3.80. The zero-order chi connectivity index (χ0) is 28.3. The van der Waals surface area contributed by atoms with Crippen molar-refractivity contribution in [3.63, 3.8) is 0 Å². The predicted molar refractivity (Wildman–Crippen MR) is 156 cm³/mol. The molecule has 0 amide bonds. The molecule has 1 fully saturated rings. The number of methoxy groups -OCH3 is 1. The quantitative estimate of drug-likeness (QED) is 0.238. The normalized spacial score (nSPS) is 12.3. The van der Waals surface area contributed by atoms with Gasteiger partial charge >= 0.3 is 5.97 Å². The Morgan fingerprint density at radius 3 is 2.38 bits per heavy atom. The first-order chi connectivity index (χ1) is 18.7. The maximum Gasteiger partial charge on any atom is 0.303 e. The lowest BCUT2D eigenvalue weighted by atomic mass is 9.79. The van der Waals surface area contributed by atoms with Gasteiger partial charge in [0, 0.05) is 12.0 Å². The molecule has 3 aromatic rings. The Labute approximate surface area is 233 Å². The number of carboxylic acids is 1. The molecular formula is C34H43FO4. The fourth-order valence-corrected chi connectivity index (χ4v) is 4.45. The van der Waals surface area contributed by atoms with E-state index >= 15 is 0 Å². The van der Waals surface area contributed by atoms with Crippen LogP contribution in [0.25, 0.3) is 11.1 Å². The van der Waals surface area contributed by atoms with Crippen LogP contribution in [0.4, 0.5) is 4.39 Å². The van der Waals surface area contributed by atoms with Crippen molar-refractivity contribution in [3.05, 3.63) is 83.2 Å². The van der Waals surface area contributed by atoms with E-state index < -0.39 is 5.97 Å². The van der Waals surface area contributed by atoms with Gasteiger partial charge in [-0.25, -0.2) is 4.39 Å². The first-order valence-electron chi connectivity index (χ1n) is 14.1. The molecule has 0 aliphatic heterocycles. The number of aryl methyl sites for hydroxylation is 1. The van der Waals surface area contributed by atoms with Gasteiger partial charge < -0.3 is 14.6 Å². The van der Waals surface area contributed by atoms with E-state index in [2.05, 4.69) is 26.8 Å². The van der Waals surface area contributed by atoms with Crippen LogP contribution in [0.5, 0.6) is 11.5 Å². The second-order valence-corrected chi connectivity index (χ2v) is 11.2. The van der Waals surface area contributed by atoms with Gasteiger partial charge in [0.15, 0.2) is 0 Å². The Balaban J connectivity index is 0.00000131. The number of unbranched alkanes of at least 4 members (excludes halogenated alkanes) is 1. The molecule has 39 heavy (non-hydrogen) atoms. The van der Waals surface area contributed by atoms with Crippen LogP contribution in [0.2, 0.25) is 0 Å². The van der Waals surface area contributed by atoms with Crippen LogP contribution in [-0.2, 0) is 24.2 Å². The molecule has 0 spiro atoms. The van der Waals surface area contributed by atoms with Crippen molar-refractivity contribution in [1.82, 2.24) is 0 Å². The van der Waals surface area contributed by atoms with E-state index in [-0.39, 0.29) is 17.7 Å². The van der Waals surface area contributed by atoms with E-state index in [9.17, 15) is 9.18 Å². The predicted octanol–water partition coefficient (Wildman–Crippen LogP) is 9.03. The molecular weight excluding hydrogens is 491 g/mol. The Kier molecular flexibility index (Phi) is 11.4. The fraction of sp³-hybridized carbons (Fsp3) is 0.441. The third kappa shape index (κ3) is 10.4. The van der Waals surface area contributed by atoms with Crippen LogP contribution in [-0.4, -0.2) is 18.2 Å². The minimum absolute atomic E-state index is 0.0675. The summed E-state index contributed by atoms with van der Waals surface area (Å²) >= 11 is 0. The molecule has 4 nitrogen and oxygen atoms in total. The summed E-state index contributed by atoms with van der Waals surface area (Å²) in [5.41, 5.74) is 4.48. The monoisotopic (exact) mass is 534 g/mol. The molecule has 0 heterocycles. The molecule has 0 unspecified atom stereocenters. The number of halogens is 1. The molecule has 5 heteroatoms. The smallest absolute Gasteiger partial charge is 0.303 e. The van der Waals surface area contributed by atoms with Gasteiger partial charge in [-0.1, -0.05) is 83.2 Å². The summed E-state index contributed by atoms with van der Waals surface area (Å²) in [7, 11) is 1.59. The van der Waals surface area contributed by atoms with Gasteiger partial charge in [0.2, 0.25) is 0 Å². The Bertz CT molecular complexity index is 1210. The summed E-state index contributed by atoms with van der Waals surface area (Å²) in [6, 6.07) is 18.5.